The predicted octanol–water partition coefficient (Wildman–Crippen LogP) is 3.51. The first-order chi connectivity index (χ1) is 18.2. The highest BCUT2D eigenvalue weighted by Crippen LogP contribution is 2.29. The Morgan fingerprint density at radius 3 is 2.08 bits per heavy atom. The van der Waals surface area contributed by atoms with Crippen LogP contribution in [0.2, 0.25) is 0 Å². The smallest absolute Gasteiger partial charge is 0.265 e. The molecular formula is C26H23ClN6O5S. The Bertz CT molecular complexity index is 1760. The van der Waals surface area contributed by atoms with E-state index >= 15 is 0 Å². The fraction of sp³-hybridized carbons (Fsp3) is 0.0769. The molecule has 11 nitrogen and oxygen atoms in total. The van der Waals surface area contributed by atoms with E-state index in [0.717, 1.165) is 28.5 Å². The maximum atomic E-state index is 12.5. The van der Waals surface area contributed by atoms with Gasteiger partial charge in [0.15, 0.2) is 5.76 Å². The molecule has 3 heterocycles. The first kappa shape index (κ1) is 27.7. The van der Waals surface area contributed by atoms with E-state index in [1.54, 1.807) is 12.1 Å². The number of aromatic nitrogens is 3. The number of benzene rings is 2. The van der Waals surface area contributed by atoms with Crippen LogP contribution in [0.3, 0.4) is 0 Å². The Balaban J connectivity index is 0.00000353. The van der Waals surface area contributed by atoms with E-state index in [-0.39, 0.29) is 30.4 Å². The Morgan fingerprint density at radius 1 is 0.949 bits per heavy atom. The number of hydrazine groups is 1. The molecule has 5 N–H and O–H groups in total. The van der Waals surface area contributed by atoms with E-state index in [9.17, 15) is 13.2 Å². The third kappa shape index (κ3) is 6.04. The number of sulfonamides is 1. The number of rotatable bonds is 7. The van der Waals surface area contributed by atoms with Crippen LogP contribution < -0.4 is 16.0 Å². The number of fused-ring (bicyclic) bond motifs is 1. The normalized spacial score (nSPS) is 11.2. The molecule has 3 aromatic heterocycles. The second-order valence-corrected chi connectivity index (χ2v) is 10.2. The zero-order valence-corrected chi connectivity index (χ0v) is 22.1. The van der Waals surface area contributed by atoms with Gasteiger partial charge in [0.2, 0.25) is 10.0 Å². The van der Waals surface area contributed by atoms with Gasteiger partial charge in [0.1, 0.15) is 18.1 Å². The van der Waals surface area contributed by atoms with Gasteiger partial charge in [0.05, 0.1) is 23.0 Å². The highest BCUT2D eigenvalue weighted by Gasteiger charge is 2.15. The van der Waals surface area contributed by atoms with E-state index < -0.39 is 15.9 Å². The molecule has 0 spiro atoms. The first-order valence-corrected chi connectivity index (χ1v) is 13.2. The van der Waals surface area contributed by atoms with Gasteiger partial charge < -0.3 is 9.63 Å². The van der Waals surface area contributed by atoms with Crippen molar-refractivity contribution >= 4 is 45.1 Å². The monoisotopic (exact) mass is 566 g/mol. The van der Waals surface area contributed by atoms with Crippen molar-refractivity contribution in [2.45, 2.75) is 6.61 Å². The van der Waals surface area contributed by atoms with Gasteiger partial charge in [0.25, 0.3) is 5.91 Å². The number of hydrogen-bond acceptors (Lipinski definition) is 9. The minimum Gasteiger partial charge on any atom is -0.388 e. The molecular weight excluding hydrogens is 544 g/mol. The minimum absolute atomic E-state index is 0. The van der Waals surface area contributed by atoms with Gasteiger partial charge in [-0.05, 0) is 17.2 Å². The lowest BCUT2D eigenvalue weighted by Crippen LogP contribution is -2.30. The van der Waals surface area contributed by atoms with Gasteiger partial charge in [-0.2, -0.15) is 0 Å². The second kappa shape index (κ2) is 11.2. The van der Waals surface area contributed by atoms with Crippen molar-refractivity contribution in [3.8, 4) is 33.6 Å². The van der Waals surface area contributed by atoms with Crippen LogP contribution in [0.15, 0.2) is 77.4 Å². The number of carbonyl (C=O) groups is 1. The first-order valence-electron chi connectivity index (χ1n) is 11.3. The number of carbonyl (C=O) groups excluding carboxylic acids is 1. The summed E-state index contributed by atoms with van der Waals surface area (Å²) in [5.41, 5.74) is 7.43. The van der Waals surface area contributed by atoms with Crippen LogP contribution in [0.1, 0.15) is 16.1 Å². The van der Waals surface area contributed by atoms with Crippen LogP contribution in [0.5, 0.6) is 0 Å². The quantitative estimate of drug-likeness (QED) is 0.130. The highest BCUT2D eigenvalue weighted by atomic mass is 35.5. The van der Waals surface area contributed by atoms with Crippen molar-refractivity contribution in [2.75, 3.05) is 11.0 Å². The molecule has 5 rings (SSSR count). The second-order valence-electron chi connectivity index (χ2n) is 8.48. The van der Waals surface area contributed by atoms with Gasteiger partial charge >= 0.3 is 0 Å². The fourth-order valence-electron chi connectivity index (χ4n) is 3.97. The fourth-order valence-corrected chi connectivity index (χ4v) is 4.46. The molecule has 0 fully saturated rings. The summed E-state index contributed by atoms with van der Waals surface area (Å²) in [4.78, 5) is 21.2. The van der Waals surface area contributed by atoms with Gasteiger partial charge in [-0.1, -0.05) is 53.7 Å². The van der Waals surface area contributed by atoms with Crippen LogP contribution in [-0.4, -0.2) is 40.8 Å². The zero-order chi connectivity index (χ0) is 26.9. The van der Waals surface area contributed by atoms with Crippen LogP contribution in [-0.2, 0) is 16.6 Å². The van der Waals surface area contributed by atoms with Gasteiger partial charge in [-0.25, -0.2) is 24.2 Å². The van der Waals surface area contributed by atoms with Crippen molar-refractivity contribution in [3.63, 3.8) is 0 Å². The Morgan fingerprint density at radius 2 is 1.54 bits per heavy atom. The summed E-state index contributed by atoms with van der Waals surface area (Å²) in [5, 5.41) is 13.5. The van der Waals surface area contributed by atoms with Crippen LogP contribution in [0.4, 0.5) is 5.82 Å². The molecule has 0 aliphatic rings. The molecule has 0 aliphatic carbocycles. The summed E-state index contributed by atoms with van der Waals surface area (Å²) in [5.74, 6) is 5.34. The summed E-state index contributed by atoms with van der Waals surface area (Å²) < 4.78 is 30.6. The molecule has 0 atom stereocenters. The lowest BCUT2D eigenvalue weighted by Gasteiger charge is -2.11. The molecule has 0 aliphatic heterocycles. The minimum atomic E-state index is -3.55. The zero-order valence-electron chi connectivity index (χ0n) is 20.5. The van der Waals surface area contributed by atoms with Crippen LogP contribution in [0, 0.1) is 0 Å². The molecule has 5 aromatic rings. The van der Waals surface area contributed by atoms with Crippen molar-refractivity contribution in [3.05, 3.63) is 84.3 Å². The van der Waals surface area contributed by atoms with Crippen LogP contribution >= 0.6 is 12.4 Å². The van der Waals surface area contributed by atoms with Crippen molar-refractivity contribution in [1.82, 2.24) is 20.6 Å². The number of aliphatic hydroxyl groups is 1. The maximum Gasteiger partial charge on any atom is 0.265 e. The van der Waals surface area contributed by atoms with Gasteiger partial charge in [0, 0.05) is 34.8 Å². The van der Waals surface area contributed by atoms with Gasteiger partial charge in [-0.15, -0.1) is 12.4 Å². The summed E-state index contributed by atoms with van der Waals surface area (Å²) in [6.07, 6.45) is 2.40. The largest absolute Gasteiger partial charge is 0.388 e. The van der Waals surface area contributed by atoms with E-state index in [1.807, 2.05) is 48.5 Å². The van der Waals surface area contributed by atoms with Crippen molar-refractivity contribution in [1.29, 1.82) is 0 Å². The number of nitrogens with two attached hydrogens (primary N) is 1. The summed E-state index contributed by atoms with van der Waals surface area (Å²) in [6.45, 7) is -0.211. The van der Waals surface area contributed by atoms with E-state index in [2.05, 4.69) is 25.3 Å². The molecule has 0 saturated heterocycles. The topological polar surface area (TPSA) is 173 Å². The van der Waals surface area contributed by atoms with Gasteiger partial charge in [-0.3, -0.25) is 14.9 Å². The molecule has 2 aromatic carbocycles. The molecule has 0 unspecified atom stereocenters. The SMILES string of the molecule is CS(=O)(=O)Nc1cc2nc(-c3ccc(-c4ccc(-c5cc(CO)on5)cc4)cc3)cc(C(=O)NN)c2cn1.Cl. The third-order valence-corrected chi connectivity index (χ3v) is 6.35. The number of pyridine rings is 2. The Labute approximate surface area is 229 Å². The van der Waals surface area contributed by atoms with Crippen molar-refractivity contribution < 1.29 is 22.8 Å². The standard InChI is InChI=1S/C26H22N6O5S.ClH/c1-38(35,36)32-25-12-24-21(13-28-25)20(26(34)30-27)11-22(29-24)17-6-2-15(3-7-17)16-4-8-18(9-5-16)23-10-19(14-33)37-31-23;/h2-13,33H,14,27H2,1H3,(H,28,32)(H,30,34);1H. The lowest BCUT2D eigenvalue weighted by molar-refractivity contribution is 0.0955. The number of halogens is 1. The summed E-state index contributed by atoms with van der Waals surface area (Å²) in [6, 6.07) is 20.1. The molecule has 39 heavy (non-hydrogen) atoms. The predicted molar refractivity (Wildman–Crippen MR) is 149 cm³/mol. The molecule has 0 radical (unpaired) electrons. The number of amides is 1. The maximum absolute atomic E-state index is 12.5. The van der Waals surface area contributed by atoms with Crippen LogP contribution in [0.25, 0.3) is 44.5 Å². The Kier molecular flexibility index (Phi) is 7.93. The number of nitrogen functional groups attached to an aromatic ring is 1. The molecule has 0 bridgehead atoms. The summed E-state index contributed by atoms with van der Waals surface area (Å²) >= 11 is 0. The summed E-state index contributed by atoms with van der Waals surface area (Å²) in [7, 11) is -3.55. The van der Waals surface area contributed by atoms with E-state index in [0.29, 0.717) is 28.1 Å². The number of hydrogen-bond donors (Lipinski definition) is 4. The molecule has 200 valence electrons. The molecule has 0 saturated carbocycles. The highest BCUT2D eigenvalue weighted by molar-refractivity contribution is 7.92. The van der Waals surface area contributed by atoms with Crippen molar-refractivity contribution in [2.24, 2.45) is 5.84 Å². The average Bonchev–Trinajstić information content (AvgIpc) is 3.41. The number of nitrogens with one attached hydrogen (secondary N) is 2. The number of anilines is 1. The lowest BCUT2D eigenvalue weighted by atomic mass is 9.99. The Hall–Kier alpha value is -4.36. The number of nitrogens with zero attached hydrogens (tertiary/aromatic N) is 3. The van der Waals surface area contributed by atoms with E-state index in [4.69, 9.17) is 15.5 Å². The molecule has 13 heteroatoms. The average molecular weight is 567 g/mol. The van der Waals surface area contributed by atoms with E-state index in [1.165, 1.54) is 12.3 Å². The molecule has 1 amide bonds. The number of aliphatic hydroxyl groups excluding tert-OH is 1. The third-order valence-electron chi connectivity index (χ3n) is 5.77.